The normalized spacial score (nSPS) is 11.6. The van der Waals surface area contributed by atoms with E-state index < -0.39 is 11.7 Å². The average Bonchev–Trinajstić information content (AvgIpc) is 2.76. The van der Waals surface area contributed by atoms with E-state index >= 15 is 0 Å². The quantitative estimate of drug-likeness (QED) is 0.340. The molecule has 164 valence electrons. The molecule has 0 bridgehead atoms. The first-order valence-corrected chi connectivity index (χ1v) is 9.90. The Kier molecular flexibility index (Phi) is 5.74. The van der Waals surface area contributed by atoms with Crippen LogP contribution in [0.25, 0.3) is 22.0 Å². The minimum absolute atomic E-state index is 0.0801. The summed E-state index contributed by atoms with van der Waals surface area (Å²) >= 11 is 0. The van der Waals surface area contributed by atoms with Crippen LogP contribution in [-0.4, -0.2) is 12.1 Å². The first-order chi connectivity index (χ1) is 15.3. The molecular formula is C25H20F4N2O. The van der Waals surface area contributed by atoms with Gasteiger partial charge >= 0.3 is 6.18 Å². The molecule has 1 heterocycles. The van der Waals surface area contributed by atoms with E-state index in [4.69, 9.17) is 4.74 Å². The molecule has 0 radical (unpaired) electrons. The fourth-order valence-corrected chi connectivity index (χ4v) is 3.80. The highest BCUT2D eigenvalue weighted by atomic mass is 19.4. The monoisotopic (exact) mass is 440 g/mol. The van der Waals surface area contributed by atoms with Crippen molar-refractivity contribution in [1.29, 1.82) is 0 Å². The number of hydrogen-bond acceptors (Lipinski definition) is 3. The standard InChI is InChI=1S/C25H20F4N2O/c1-15-13-31-24-20(7-4-8-21(24)25(27,28)29)23(15)16-5-3-6-19(12-16)30-14-17-11-18(26)9-10-22(17)32-2/h3-13,30H,14H2,1-2H3. The molecule has 0 aliphatic heterocycles. The fraction of sp³-hybridized carbons (Fsp3) is 0.160. The van der Waals surface area contributed by atoms with Crippen molar-refractivity contribution >= 4 is 16.6 Å². The zero-order valence-electron chi connectivity index (χ0n) is 17.4. The highest BCUT2D eigenvalue weighted by Crippen LogP contribution is 2.38. The molecule has 1 N–H and O–H groups in total. The van der Waals surface area contributed by atoms with Crippen LogP contribution in [0.1, 0.15) is 16.7 Å². The average molecular weight is 440 g/mol. The van der Waals surface area contributed by atoms with Crippen LogP contribution in [-0.2, 0) is 12.7 Å². The number of pyridine rings is 1. The Labute approximate surface area is 182 Å². The highest BCUT2D eigenvalue weighted by molar-refractivity contribution is 5.98. The first kappa shape index (κ1) is 21.6. The lowest BCUT2D eigenvalue weighted by molar-refractivity contribution is -0.136. The van der Waals surface area contributed by atoms with E-state index in [0.29, 0.717) is 28.8 Å². The van der Waals surface area contributed by atoms with Crippen molar-refractivity contribution in [3.8, 4) is 16.9 Å². The molecular weight excluding hydrogens is 420 g/mol. The molecule has 0 aliphatic carbocycles. The summed E-state index contributed by atoms with van der Waals surface area (Å²) in [6, 6.07) is 15.7. The molecule has 3 aromatic carbocycles. The molecule has 32 heavy (non-hydrogen) atoms. The molecule has 4 rings (SSSR count). The van der Waals surface area contributed by atoms with Gasteiger partial charge in [0.2, 0.25) is 0 Å². The largest absolute Gasteiger partial charge is 0.496 e. The van der Waals surface area contributed by atoms with Gasteiger partial charge in [-0.05, 0) is 60.0 Å². The van der Waals surface area contributed by atoms with Crippen molar-refractivity contribution in [2.75, 3.05) is 12.4 Å². The third-order valence-corrected chi connectivity index (χ3v) is 5.27. The predicted molar refractivity (Wildman–Crippen MR) is 117 cm³/mol. The van der Waals surface area contributed by atoms with Gasteiger partial charge in [-0.1, -0.05) is 24.3 Å². The number of nitrogens with zero attached hydrogens (tertiary/aromatic N) is 1. The summed E-state index contributed by atoms with van der Waals surface area (Å²) in [5.41, 5.74) is 2.76. The van der Waals surface area contributed by atoms with E-state index in [2.05, 4.69) is 10.3 Å². The van der Waals surface area contributed by atoms with E-state index in [9.17, 15) is 17.6 Å². The Hall–Kier alpha value is -3.61. The molecule has 4 aromatic rings. The zero-order chi connectivity index (χ0) is 22.9. The van der Waals surface area contributed by atoms with Gasteiger partial charge in [0, 0.05) is 29.4 Å². The summed E-state index contributed by atoms with van der Waals surface area (Å²) in [4.78, 5) is 4.07. The van der Waals surface area contributed by atoms with Crippen LogP contribution in [0, 0.1) is 12.7 Å². The number of anilines is 1. The molecule has 0 amide bonds. The molecule has 7 heteroatoms. The van der Waals surface area contributed by atoms with Crippen molar-refractivity contribution in [2.45, 2.75) is 19.6 Å². The molecule has 3 nitrogen and oxygen atoms in total. The van der Waals surface area contributed by atoms with E-state index in [0.717, 1.165) is 22.9 Å². The number of nitrogens with one attached hydrogen (secondary N) is 1. The van der Waals surface area contributed by atoms with Gasteiger partial charge in [0.05, 0.1) is 18.2 Å². The summed E-state index contributed by atoms with van der Waals surface area (Å²) in [6.45, 7) is 2.14. The van der Waals surface area contributed by atoms with Crippen molar-refractivity contribution in [1.82, 2.24) is 4.98 Å². The number of fused-ring (bicyclic) bond motifs is 1. The second-order valence-corrected chi connectivity index (χ2v) is 7.41. The third-order valence-electron chi connectivity index (χ3n) is 5.27. The molecule has 0 aliphatic rings. The van der Waals surface area contributed by atoms with Crippen LogP contribution in [0.3, 0.4) is 0 Å². The topological polar surface area (TPSA) is 34.1 Å². The Morgan fingerprint density at radius 3 is 2.53 bits per heavy atom. The number of hydrogen-bond donors (Lipinski definition) is 1. The van der Waals surface area contributed by atoms with Gasteiger partial charge in [-0.2, -0.15) is 13.2 Å². The summed E-state index contributed by atoms with van der Waals surface area (Å²) in [5.74, 6) is 0.196. The van der Waals surface area contributed by atoms with Crippen molar-refractivity contribution in [2.24, 2.45) is 0 Å². The van der Waals surface area contributed by atoms with E-state index in [-0.39, 0.29) is 11.3 Å². The maximum Gasteiger partial charge on any atom is 0.418 e. The zero-order valence-corrected chi connectivity index (χ0v) is 17.4. The second kappa shape index (κ2) is 8.49. The van der Waals surface area contributed by atoms with Crippen molar-refractivity contribution in [3.05, 3.63) is 89.4 Å². The van der Waals surface area contributed by atoms with Gasteiger partial charge < -0.3 is 10.1 Å². The Morgan fingerprint density at radius 2 is 1.78 bits per heavy atom. The molecule has 0 unspecified atom stereocenters. The number of benzene rings is 3. The summed E-state index contributed by atoms with van der Waals surface area (Å²) < 4.78 is 59.4. The lowest BCUT2D eigenvalue weighted by atomic mass is 9.95. The highest BCUT2D eigenvalue weighted by Gasteiger charge is 2.33. The Bertz CT molecular complexity index is 1280. The van der Waals surface area contributed by atoms with Gasteiger partial charge in [-0.15, -0.1) is 0 Å². The van der Waals surface area contributed by atoms with E-state index in [1.807, 2.05) is 31.2 Å². The fourth-order valence-electron chi connectivity index (χ4n) is 3.80. The van der Waals surface area contributed by atoms with Crippen molar-refractivity contribution in [3.63, 3.8) is 0 Å². The van der Waals surface area contributed by atoms with Crippen LogP contribution >= 0.6 is 0 Å². The first-order valence-electron chi connectivity index (χ1n) is 9.90. The molecule has 0 fully saturated rings. The summed E-state index contributed by atoms with van der Waals surface area (Å²) in [7, 11) is 1.52. The molecule has 1 aromatic heterocycles. The number of alkyl halides is 3. The minimum Gasteiger partial charge on any atom is -0.496 e. The lowest BCUT2D eigenvalue weighted by Gasteiger charge is -2.16. The van der Waals surface area contributed by atoms with Crippen LogP contribution in [0.5, 0.6) is 5.75 Å². The van der Waals surface area contributed by atoms with Gasteiger partial charge in [0.1, 0.15) is 11.6 Å². The van der Waals surface area contributed by atoms with Gasteiger partial charge in [0.15, 0.2) is 0 Å². The van der Waals surface area contributed by atoms with E-state index in [1.54, 1.807) is 12.1 Å². The molecule has 0 atom stereocenters. The van der Waals surface area contributed by atoms with Gasteiger partial charge in [-0.3, -0.25) is 4.98 Å². The minimum atomic E-state index is -4.49. The number of aryl methyl sites for hydroxylation is 1. The third kappa shape index (κ3) is 4.23. The van der Waals surface area contributed by atoms with Gasteiger partial charge in [-0.25, -0.2) is 4.39 Å². The predicted octanol–water partition coefficient (Wildman–Crippen LogP) is 6.99. The Morgan fingerprint density at radius 1 is 1.00 bits per heavy atom. The SMILES string of the molecule is COc1ccc(F)cc1CNc1cccc(-c2c(C)cnc3c(C(F)(F)F)cccc23)c1. The number of ether oxygens (including phenoxy) is 1. The van der Waals surface area contributed by atoms with Gasteiger partial charge in [0.25, 0.3) is 0 Å². The van der Waals surface area contributed by atoms with Crippen LogP contribution < -0.4 is 10.1 Å². The number of aromatic nitrogens is 1. The number of methoxy groups -OCH3 is 1. The summed E-state index contributed by atoms with van der Waals surface area (Å²) in [5, 5.41) is 3.67. The number of rotatable bonds is 5. The van der Waals surface area contributed by atoms with E-state index in [1.165, 1.54) is 31.5 Å². The van der Waals surface area contributed by atoms with Crippen LogP contribution in [0.15, 0.2) is 66.9 Å². The number of para-hydroxylation sites is 1. The molecule has 0 saturated carbocycles. The summed E-state index contributed by atoms with van der Waals surface area (Å²) in [6.07, 6.45) is -3.03. The lowest BCUT2D eigenvalue weighted by Crippen LogP contribution is -2.07. The van der Waals surface area contributed by atoms with Crippen LogP contribution in [0.2, 0.25) is 0 Å². The Balaban J connectivity index is 1.73. The molecule has 0 saturated heterocycles. The van der Waals surface area contributed by atoms with Crippen molar-refractivity contribution < 1.29 is 22.3 Å². The smallest absolute Gasteiger partial charge is 0.418 e. The maximum absolute atomic E-state index is 13.6. The maximum atomic E-state index is 13.6. The second-order valence-electron chi connectivity index (χ2n) is 7.41. The number of halogens is 4. The molecule has 0 spiro atoms. The van der Waals surface area contributed by atoms with Crippen LogP contribution in [0.4, 0.5) is 23.2 Å².